The van der Waals surface area contributed by atoms with Crippen molar-refractivity contribution in [1.29, 1.82) is 0 Å². The Morgan fingerprint density at radius 1 is 0.312 bits per heavy atom. The van der Waals surface area contributed by atoms with E-state index in [4.69, 9.17) is 0 Å². The summed E-state index contributed by atoms with van der Waals surface area (Å²) in [7, 11) is 0. The van der Waals surface area contributed by atoms with Crippen molar-refractivity contribution in [3.8, 4) is 0 Å². The van der Waals surface area contributed by atoms with Crippen molar-refractivity contribution in [2.45, 2.75) is 169 Å². The zero-order valence-electron chi connectivity index (χ0n) is 23.2. The first-order valence-electron chi connectivity index (χ1n) is 15.3. The Morgan fingerprint density at radius 3 is 0.719 bits per heavy atom. The van der Waals surface area contributed by atoms with Gasteiger partial charge in [-0.15, -0.1) is 0 Å². The summed E-state index contributed by atoms with van der Waals surface area (Å²) >= 11 is 3.20. The average Bonchev–Trinajstić information content (AvgIpc) is 2.79. The van der Waals surface area contributed by atoms with Crippen molar-refractivity contribution < 1.29 is 0 Å². The first-order valence-corrected chi connectivity index (χ1v) is 21.0. The standard InChI is InChI=1S/C30H64IP/c1-5-9-13-17-21-25-29-32(31,27-23-19-15-11-7-3,28-24-20-16-12-8-4)30-26-22-18-14-10-6-2/h5-30H2,1-4H3. The normalized spacial score (nSPS) is 13.3. The fourth-order valence-electron chi connectivity index (χ4n) is 5.47. The van der Waals surface area contributed by atoms with Crippen LogP contribution in [0, 0.1) is 0 Å². The molecule has 0 unspecified atom stereocenters. The Kier molecular flexibility index (Phi) is 23.4. The van der Waals surface area contributed by atoms with E-state index in [0.717, 1.165) is 0 Å². The van der Waals surface area contributed by atoms with E-state index in [1.807, 2.05) is 0 Å². The first-order chi connectivity index (χ1) is 15.5. The zero-order valence-corrected chi connectivity index (χ0v) is 26.3. The number of unbranched alkanes of at least 4 members (excludes halogenated alkanes) is 18. The van der Waals surface area contributed by atoms with Crippen LogP contribution in [0.1, 0.15) is 169 Å². The molecule has 0 aliphatic rings. The molecule has 0 spiro atoms. The summed E-state index contributed by atoms with van der Waals surface area (Å²) in [5.41, 5.74) is 0. The van der Waals surface area contributed by atoms with E-state index in [0.29, 0.717) is 0 Å². The Labute approximate surface area is 219 Å². The fraction of sp³-hybridized carbons (Fsp3) is 1.00. The molecule has 0 saturated carbocycles. The van der Waals surface area contributed by atoms with E-state index >= 15 is 0 Å². The molecule has 0 aliphatic carbocycles. The Hall–Kier alpha value is 1.16. The van der Waals surface area contributed by atoms with E-state index in [1.54, 1.807) is 24.6 Å². The van der Waals surface area contributed by atoms with Crippen LogP contribution >= 0.6 is 26.3 Å². The third-order valence-corrected chi connectivity index (χ3v) is 19.3. The minimum atomic E-state index is -1.58. The van der Waals surface area contributed by atoms with Crippen LogP contribution in [0.5, 0.6) is 0 Å². The molecule has 0 aromatic rings. The van der Waals surface area contributed by atoms with Crippen LogP contribution in [0.4, 0.5) is 0 Å². The third kappa shape index (κ3) is 18.5. The van der Waals surface area contributed by atoms with Gasteiger partial charge in [0, 0.05) is 0 Å². The van der Waals surface area contributed by atoms with Crippen molar-refractivity contribution >= 4 is 26.3 Å². The molecule has 0 aromatic carbocycles. The molecule has 0 aliphatic heterocycles. The van der Waals surface area contributed by atoms with Gasteiger partial charge in [-0.1, -0.05) is 0 Å². The van der Waals surface area contributed by atoms with Gasteiger partial charge in [-0.3, -0.25) is 0 Å². The van der Waals surface area contributed by atoms with E-state index < -0.39 is 4.25 Å². The minimum absolute atomic E-state index is 1.37. The fourth-order valence-corrected chi connectivity index (χ4v) is 15.0. The second-order valence-electron chi connectivity index (χ2n) is 11.1. The Morgan fingerprint density at radius 2 is 0.500 bits per heavy atom. The van der Waals surface area contributed by atoms with Gasteiger partial charge in [-0.05, 0) is 0 Å². The van der Waals surface area contributed by atoms with Gasteiger partial charge in [0.1, 0.15) is 0 Å². The molecule has 0 bridgehead atoms. The molecular formula is C30H64IP. The van der Waals surface area contributed by atoms with Crippen molar-refractivity contribution in [2.24, 2.45) is 0 Å². The van der Waals surface area contributed by atoms with E-state index in [2.05, 4.69) is 49.7 Å². The SMILES string of the molecule is CCCCCCCCP(I)(CCCCCCC)(CCCCCCC)CCCCCCCC. The van der Waals surface area contributed by atoms with Gasteiger partial charge in [0.05, 0.1) is 0 Å². The van der Waals surface area contributed by atoms with Crippen molar-refractivity contribution in [3.63, 3.8) is 0 Å². The molecule has 32 heavy (non-hydrogen) atoms. The number of hydrogen-bond acceptors (Lipinski definition) is 0. The van der Waals surface area contributed by atoms with Crippen LogP contribution in [0.3, 0.4) is 0 Å². The average molecular weight is 583 g/mol. The molecule has 0 nitrogen and oxygen atoms in total. The second kappa shape index (κ2) is 22.6. The van der Waals surface area contributed by atoms with Gasteiger partial charge in [-0.2, -0.15) is 0 Å². The first kappa shape index (κ1) is 33.2. The van der Waals surface area contributed by atoms with Gasteiger partial charge >= 0.3 is 220 Å². The summed E-state index contributed by atoms with van der Waals surface area (Å²) in [6.07, 6.45) is 38.8. The van der Waals surface area contributed by atoms with Crippen molar-refractivity contribution in [2.75, 3.05) is 24.6 Å². The zero-order chi connectivity index (χ0) is 23.8. The van der Waals surface area contributed by atoms with Crippen LogP contribution in [0.2, 0.25) is 0 Å². The van der Waals surface area contributed by atoms with Crippen molar-refractivity contribution in [1.82, 2.24) is 0 Å². The quantitative estimate of drug-likeness (QED) is 0.0541. The van der Waals surface area contributed by atoms with Gasteiger partial charge in [0.15, 0.2) is 0 Å². The predicted molar refractivity (Wildman–Crippen MR) is 165 cm³/mol. The molecule has 0 heterocycles. The van der Waals surface area contributed by atoms with Crippen LogP contribution in [0.25, 0.3) is 0 Å². The van der Waals surface area contributed by atoms with Gasteiger partial charge in [-0.25, -0.2) is 0 Å². The molecule has 196 valence electrons. The van der Waals surface area contributed by atoms with Gasteiger partial charge < -0.3 is 0 Å². The number of halogens is 1. The van der Waals surface area contributed by atoms with Crippen LogP contribution in [0.15, 0.2) is 0 Å². The third-order valence-electron chi connectivity index (χ3n) is 7.78. The molecule has 0 saturated heterocycles. The second-order valence-corrected chi connectivity index (χ2v) is 24.7. The monoisotopic (exact) mass is 582 g/mol. The molecule has 0 atom stereocenters. The van der Waals surface area contributed by atoms with E-state index in [9.17, 15) is 0 Å². The summed E-state index contributed by atoms with van der Waals surface area (Å²) in [5, 5.41) is 0. The van der Waals surface area contributed by atoms with Crippen LogP contribution in [-0.4, -0.2) is 24.6 Å². The van der Waals surface area contributed by atoms with E-state index in [-0.39, 0.29) is 0 Å². The molecular weight excluding hydrogens is 518 g/mol. The summed E-state index contributed by atoms with van der Waals surface area (Å²) in [6.45, 7) is 9.39. The van der Waals surface area contributed by atoms with Crippen LogP contribution < -0.4 is 0 Å². The molecule has 0 N–H and O–H groups in total. The molecule has 0 fully saturated rings. The topological polar surface area (TPSA) is 0 Å². The van der Waals surface area contributed by atoms with Crippen LogP contribution in [-0.2, 0) is 0 Å². The number of hydrogen-bond donors (Lipinski definition) is 0. The summed E-state index contributed by atoms with van der Waals surface area (Å²) in [5.74, 6) is 0. The molecule has 0 radical (unpaired) electrons. The molecule has 2 heteroatoms. The van der Waals surface area contributed by atoms with Gasteiger partial charge in [0.2, 0.25) is 0 Å². The maximum atomic E-state index is 3.20. The molecule has 0 amide bonds. The summed E-state index contributed by atoms with van der Waals surface area (Å²) in [4.78, 5) is 0. The Balaban J connectivity index is 4.98. The number of rotatable bonds is 26. The van der Waals surface area contributed by atoms with Gasteiger partial charge in [0.25, 0.3) is 0 Å². The predicted octanol–water partition coefficient (Wildman–Crippen LogP) is 12.6. The van der Waals surface area contributed by atoms with E-state index in [1.165, 1.54) is 141 Å². The summed E-state index contributed by atoms with van der Waals surface area (Å²) in [6, 6.07) is 0. The molecule has 0 rings (SSSR count). The van der Waals surface area contributed by atoms with Crippen molar-refractivity contribution in [3.05, 3.63) is 0 Å². The summed E-state index contributed by atoms with van der Waals surface area (Å²) < 4.78 is -1.58. The maximum absolute atomic E-state index is 3.20. The Bertz CT molecular complexity index is 347. The molecule has 0 aromatic heterocycles.